The highest BCUT2D eigenvalue weighted by atomic mass is 19.1. The summed E-state index contributed by atoms with van der Waals surface area (Å²) in [6, 6.07) is 1.94. The third-order valence-corrected chi connectivity index (χ3v) is 3.05. The van der Waals surface area contributed by atoms with E-state index in [1.54, 1.807) is 24.9 Å². The number of hydrogen-bond acceptors (Lipinski definition) is 3. The van der Waals surface area contributed by atoms with E-state index in [0.717, 1.165) is 11.6 Å². The number of benzene rings is 1. The highest BCUT2D eigenvalue weighted by molar-refractivity contribution is 5.29. The van der Waals surface area contributed by atoms with E-state index in [-0.39, 0.29) is 0 Å². The summed E-state index contributed by atoms with van der Waals surface area (Å²) in [5.41, 5.74) is 4.23. The summed E-state index contributed by atoms with van der Waals surface area (Å²) in [6.45, 7) is 1.59. The molecule has 0 spiro atoms. The Morgan fingerprint density at radius 3 is 2.68 bits per heavy atom. The molecule has 1 aromatic carbocycles. The van der Waals surface area contributed by atoms with Crippen molar-refractivity contribution in [3.05, 3.63) is 52.9 Å². The third kappa shape index (κ3) is 2.97. The van der Waals surface area contributed by atoms with Crippen molar-refractivity contribution >= 4 is 0 Å². The predicted molar refractivity (Wildman–Crippen MR) is 68.1 cm³/mol. The minimum atomic E-state index is -0.602. The molecule has 102 valence electrons. The molecule has 1 atom stereocenters. The van der Waals surface area contributed by atoms with Crippen LogP contribution in [0.25, 0.3) is 0 Å². The van der Waals surface area contributed by atoms with Crippen LogP contribution in [0.3, 0.4) is 0 Å². The summed E-state index contributed by atoms with van der Waals surface area (Å²) in [6.07, 6.45) is 4.00. The first-order valence-electron chi connectivity index (χ1n) is 5.90. The zero-order valence-corrected chi connectivity index (χ0v) is 10.8. The van der Waals surface area contributed by atoms with Gasteiger partial charge in [-0.05, 0) is 30.5 Å². The van der Waals surface area contributed by atoms with Gasteiger partial charge in [-0.2, -0.15) is 5.10 Å². The fourth-order valence-electron chi connectivity index (χ4n) is 2.02. The second-order valence-electron chi connectivity index (χ2n) is 4.57. The lowest BCUT2D eigenvalue weighted by Crippen LogP contribution is -2.30. The molecule has 2 rings (SSSR count). The highest BCUT2D eigenvalue weighted by Gasteiger charge is 2.17. The molecule has 1 unspecified atom stereocenters. The molecule has 0 aliphatic rings. The van der Waals surface area contributed by atoms with Crippen LogP contribution >= 0.6 is 0 Å². The number of nitrogens with zero attached hydrogens (tertiary/aromatic N) is 2. The van der Waals surface area contributed by atoms with E-state index in [2.05, 4.69) is 10.5 Å². The van der Waals surface area contributed by atoms with Crippen LogP contribution in [-0.2, 0) is 13.5 Å². The van der Waals surface area contributed by atoms with Crippen LogP contribution in [-0.4, -0.2) is 9.78 Å². The maximum Gasteiger partial charge on any atom is 0.130 e. The van der Waals surface area contributed by atoms with Gasteiger partial charge < -0.3 is 0 Å². The zero-order chi connectivity index (χ0) is 14.0. The lowest BCUT2D eigenvalue weighted by atomic mass is 9.99. The quantitative estimate of drug-likeness (QED) is 0.655. The average molecular weight is 266 g/mol. The Labute approximate surface area is 110 Å². The molecule has 6 heteroatoms. The van der Waals surface area contributed by atoms with Gasteiger partial charge in [0.25, 0.3) is 0 Å². The molecule has 0 aliphatic heterocycles. The van der Waals surface area contributed by atoms with Crippen LogP contribution in [0.2, 0.25) is 0 Å². The summed E-state index contributed by atoms with van der Waals surface area (Å²) >= 11 is 0. The Morgan fingerprint density at radius 2 is 2.11 bits per heavy atom. The van der Waals surface area contributed by atoms with Crippen LogP contribution in [0.15, 0.2) is 24.5 Å². The molecule has 0 aliphatic carbocycles. The molecule has 1 aromatic heterocycles. The lowest BCUT2D eigenvalue weighted by Gasteiger charge is -2.17. The first-order chi connectivity index (χ1) is 9.01. The van der Waals surface area contributed by atoms with E-state index in [0.29, 0.717) is 17.5 Å². The molecule has 0 saturated heterocycles. The van der Waals surface area contributed by atoms with Crippen molar-refractivity contribution in [3.8, 4) is 0 Å². The van der Waals surface area contributed by atoms with Gasteiger partial charge in [-0.3, -0.25) is 16.0 Å². The van der Waals surface area contributed by atoms with Crippen molar-refractivity contribution in [2.45, 2.75) is 19.4 Å². The monoisotopic (exact) mass is 266 g/mol. The van der Waals surface area contributed by atoms with Gasteiger partial charge in [0.2, 0.25) is 0 Å². The normalized spacial score (nSPS) is 12.7. The van der Waals surface area contributed by atoms with Crippen LogP contribution in [0, 0.1) is 18.6 Å². The van der Waals surface area contributed by atoms with Gasteiger partial charge in [-0.15, -0.1) is 0 Å². The predicted octanol–water partition coefficient (Wildman–Crippen LogP) is 1.75. The average Bonchev–Trinajstić information content (AvgIpc) is 2.77. The molecule has 4 nitrogen and oxygen atoms in total. The molecular weight excluding hydrogens is 250 g/mol. The minimum Gasteiger partial charge on any atom is -0.276 e. The third-order valence-electron chi connectivity index (χ3n) is 3.05. The van der Waals surface area contributed by atoms with E-state index in [1.165, 1.54) is 6.07 Å². The van der Waals surface area contributed by atoms with Gasteiger partial charge in [-0.25, -0.2) is 8.78 Å². The standard InChI is InChI=1S/C13H16F2N4/c1-8-3-10(12(15)5-11(8)14)13(18-16)4-9-6-17-19(2)7-9/h3,5-7,13,18H,4,16H2,1-2H3. The molecular formula is C13H16F2N4. The Balaban J connectivity index is 2.29. The van der Waals surface area contributed by atoms with Crippen molar-refractivity contribution in [3.63, 3.8) is 0 Å². The second-order valence-corrected chi connectivity index (χ2v) is 4.57. The SMILES string of the molecule is Cc1cc(C(Cc2cnn(C)c2)NN)c(F)cc1F. The van der Waals surface area contributed by atoms with Crippen LogP contribution in [0.5, 0.6) is 0 Å². The van der Waals surface area contributed by atoms with E-state index in [9.17, 15) is 8.78 Å². The molecule has 1 heterocycles. The summed E-state index contributed by atoms with van der Waals surface area (Å²) in [5.74, 6) is 4.32. The molecule has 0 saturated carbocycles. The molecule has 2 aromatic rings. The number of rotatable bonds is 4. The number of hydrazine groups is 1. The first-order valence-corrected chi connectivity index (χ1v) is 5.90. The Bertz CT molecular complexity index is 580. The Morgan fingerprint density at radius 1 is 1.37 bits per heavy atom. The van der Waals surface area contributed by atoms with E-state index < -0.39 is 17.7 Å². The summed E-state index contributed by atoms with van der Waals surface area (Å²) in [4.78, 5) is 0. The van der Waals surface area contributed by atoms with Crippen LogP contribution < -0.4 is 11.3 Å². The van der Waals surface area contributed by atoms with Crippen molar-refractivity contribution in [1.82, 2.24) is 15.2 Å². The number of aryl methyl sites for hydroxylation is 2. The molecule has 0 fully saturated rings. The number of aromatic nitrogens is 2. The van der Waals surface area contributed by atoms with Crippen molar-refractivity contribution in [1.29, 1.82) is 0 Å². The lowest BCUT2D eigenvalue weighted by molar-refractivity contribution is 0.500. The minimum absolute atomic E-state index is 0.352. The maximum atomic E-state index is 13.8. The van der Waals surface area contributed by atoms with Crippen molar-refractivity contribution in [2.24, 2.45) is 12.9 Å². The van der Waals surface area contributed by atoms with Gasteiger partial charge >= 0.3 is 0 Å². The molecule has 0 bridgehead atoms. The summed E-state index contributed by atoms with van der Waals surface area (Å²) < 4.78 is 28.7. The van der Waals surface area contributed by atoms with Gasteiger partial charge in [-0.1, -0.05) is 0 Å². The van der Waals surface area contributed by atoms with Crippen molar-refractivity contribution in [2.75, 3.05) is 0 Å². The molecule has 0 amide bonds. The van der Waals surface area contributed by atoms with Gasteiger partial charge in [0.05, 0.1) is 12.2 Å². The highest BCUT2D eigenvalue weighted by Crippen LogP contribution is 2.23. The number of halogens is 2. The number of nitrogens with one attached hydrogen (secondary N) is 1. The van der Waals surface area contributed by atoms with E-state index >= 15 is 0 Å². The molecule has 0 radical (unpaired) electrons. The summed E-state index contributed by atoms with van der Waals surface area (Å²) in [7, 11) is 1.80. The van der Waals surface area contributed by atoms with Crippen LogP contribution in [0.1, 0.15) is 22.7 Å². The second kappa shape index (κ2) is 5.46. The molecule has 3 N–H and O–H groups in total. The first kappa shape index (κ1) is 13.6. The topological polar surface area (TPSA) is 55.9 Å². The van der Waals surface area contributed by atoms with E-state index in [1.807, 2.05) is 6.20 Å². The van der Waals surface area contributed by atoms with Gasteiger partial charge in [0.15, 0.2) is 0 Å². The summed E-state index contributed by atoms with van der Waals surface area (Å²) in [5, 5.41) is 4.05. The van der Waals surface area contributed by atoms with Gasteiger partial charge in [0, 0.05) is 24.9 Å². The largest absolute Gasteiger partial charge is 0.276 e. The number of nitrogens with two attached hydrogens (primary N) is 1. The van der Waals surface area contributed by atoms with Crippen molar-refractivity contribution < 1.29 is 8.78 Å². The van der Waals surface area contributed by atoms with Crippen LogP contribution in [0.4, 0.5) is 8.78 Å². The fourth-order valence-corrected chi connectivity index (χ4v) is 2.02. The number of hydrogen-bond donors (Lipinski definition) is 2. The van der Waals surface area contributed by atoms with E-state index in [4.69, 9.17) is 5.84 Å². The van der Waals surface area contributed by atoms with Gasteiger partial charge in [0.1, 0.15) is 11.6 Å². The smallest absolute Gasteiger partial charge is 0.130 e. The fraction of sp³-hybridized carbons (Fsp3) is 0.308. The Kier molecular flexibility index (Phi) is 3.92. The Hall–Kier alpha value is -1.79. The molecule has 19 heavy (non-hydrogen) atoms. The zero-order valence-electron chi connectivity index (χ0n) is 10.8. The maximum absolute atomic E-state index is 13.8.